The lowest BCUT2D eigenvalue weighted by molar-refractivity contribution is 0.543. The SMILES string of the molecule is C1=Cc2cc3ccc(cc4nc(cc5ccc(cc1n2)[nH]5)C=C4)[nH]3.C=CCC1(CC=C)c2ccccc2-c2ccccc21. The molecule has 5 heterocycles. The molecule has 8 rings (SSSR count). The number of hydrogen-bond acceptors (Lipinski definition) is 2. The maximum absolute atomic E-state index is 4.63. The molecule has 1 aliphatic carbocycles. The van der Waals surface area contributed by atoms with Crippen molar-refractivity contribution >= 4 is 46.4 Å². The summed E-state index contributed by atoms with van der Waals surface area (Å²) in [6.45, 7) is 7.93. The first kappa shape index (κ1) is 26.4. The van der Waals surface area contributed by atoms with Gasteiger partial charge in [0.1, 0.15) is 0 Å². The van der Waals surface area contributed by atoms with Crippen molar-refractivity contribution in [2.24, 2.45) is 0 Å². The summed E-state index contributed by atoms with van der Waals surface area (Å²) in [7, 11) is 0. The zero-order valence-electron chi connectivity index (χ0n) is 23.9. The molecule has 0 radical (unpaired) electrons. The number of fused-ring (bicyclic) bond motifs is 11. The predicted molar refractivity (Wildman–Crippen MR) is 181 cm³/mol. The van der Waals surface area contributed by atoms with E-state index < -0.39 is 0 Å². The van der Waals surface area contributed by atoms with Gasteiger partial charge in [-0.15, -0.1) is 13.2 Å². The summed E-state index contributed by atoms with van der Waals surface area (Å²) in [6, 6.07) is 33.8. The van der Waals surface area contributed by atoms with Gasteiger partial charge >= 0.3 is 0 Å². The van der Waals surface area contributed by atoms with Gasteiger partial charge in [-0.25, -0.2) is 9.97 Å². The lowest BCUT2D eigenvalue weighted by atomic mass is 9.73. The second-order valence-electron chi connectivity index (χ2n) is 11.1. The van der Waals surface area contributed by atoms with E-state index in [0.717, 1.165) is 57.7 Å². The zero-order valence-corrected chi connectivity index (χ0v) is 23.9. The maximum Gasteiger partial charge on any atom is 0.0658 e. The Hall–Kier alpha value is -5.48. The molecular weight excluding hydrogens is 524 g/mol. The molecular formula is C39H32N4. The summed E-state index contributed by atoms with van der Waals surface area (Å²) in [5.41, 5.74) is 13.4. The monoisotopic (exact) mass is 556 g/mol. The molecule has 2 aromatic carbocycles. The highest BCUT2D eigenvalue weighted by atomic mass is 14.8. The van der Waals surface area contributed by atoms with E-state index in [9.17, 15) is 0 Å². The maximum atomic E-state index is 4.63. The summed E-state index contributed by atoms with van der Waals surface area (Å²) < 4.78 is 0. The van der Waals surface area contributed by atoms with Crippen molar-refractivity contribution in [2.75, 3.05) is 0 Å². The number of nitrogens with one attached hydrogen (secondary N) is 2. The second-order valence-corrected chi connectivity index (χ2v) is 11.1. The molecule has 3 aliphatic rings. The number of allylic oxidation sites excluding steroid dienone is 2. The third-order valence-electron chi connectivity index (χ3n) is 8.20. The molecule has 0 fully saturated rings. The van der Waals surface area contributed by atoms with Crippen LogP contribution in [-0.2, 0) is 5.41 Å². The highest BCUT2D eigenvalue weighted by Crippen LogP contribution is 2.52. The molecule has 0 saturated carbocycles. The van der Waals surface area contributed by atoms with Gasteiger partial charge in [-0.3, -0.25) is 0 Å². The van der Waals surface area contributed by atoms with Crippen molar-refractivity contribution in [1.82, 2.24) is 19.9 Å². The number of benzene rings is 2. The van der Waals surface area contributed by atoms with Crippen LogP contribution in [0.25, 0.3) is 57.5 Å². The standard InChI is InChI=1S/C20H14N4.C19H18/c1-2-14-10-16-5-6-18(23-16)12-20-8-7-19(24-20)11-17-4-3-15(22-17)9-13(1)21-14;1-3-13-19(14-4-2)17-11-7-5-9-15(17)16-10-6-8-12-18(16)19/h1-12,21,24H;3-12H,1-2,13-14H2. The Bertz CT molecular complexity index is 1850. The van der Waals surface area contributed by atoms with E-state index in [1.807, 2.05) is 60.7 Å². The van der Waals surface area contributed by atoms with Crippen LogP contribution in [0.15, 0.2) is 122 Å². The number of rotatable bonds is 4. The summed E-state index contributed by atoms with van der Waals surface area (Å²) in [5.74, 6) is 0. The largest absolute Gasteiger partial charge is 0.355 e. The third-order valence-corrected chi connectivity index (χ3v) is 8.20. The van der Waals surface area contributed by atoms with Crippen LogP contribution in [0.5, 0.6) is 0 Å². The number of aromatic nitrogens is 4. The Labute approximate surface area is 251 Å². The highest BCUT2D eigenvalue weighted by molar-refractivity contribution is 5.81. The molecule has 2 N–H and O–H groups in total. The van der Waals surface area contributed by atoms with Crippen LogP contribution < -0.4 is 0 Å². The molecule has 0 amide bonds. The van der Waals surface area contributed by atoms with E-state index in [-0.39, 0.29) is 5.41 Å². The van der Waals surface area contributed by atoms with E-state index in [4.69, 9.17) is 0 Å². The summed E-state index contributed by atoms with van der Waals surface area (Å²) >= 11 is 0. The number of H-pyrrole nitrogens is 2. The van der Waals surface area contributed by atoms with E-state index >= 15 is 0 Å². The first-order valence-electron chi connectivity index (χ1n) is 14.6. The van der Waals surface area contributed by atoms with Crippen LogP contribution in [0.4, 0.5) is 0 Å². The molecule has 43 heavy (non-hydrogen) atoms. The summed E-state index contributed by atoms with van der Waals surface area (Å²) in [5, 5.41) is 0. The molecule has 4 nitrogen and oxygen atoms in total. The first-order valence-corrected chi connectivity index (χ1v) is 14.6. The fourth-order valence-corrected chi connectivity index (χ4v) is 6.38. The van der Waals surface area contributed by atoms with Crippen LogP contribution in [0, 0.1) is 0 Å². The summed E-state index contributed by atoms with van der Waals surface area (Å²) in [4.78, 5) is 16.0. The Kier molecular flexibility index (Phi) is 6.80. The van der Waals surface area contributed by atoms with Gasteiger partial charge in [0.25, 0.3) is 0 Å². The molecule has 2 aliphatic heterocycles. The van der Waals surface area contributed by atoms with Gasteiger partial charge in [-0.05, 0) is 108 Å². The fraction of sp³-hybridized carbons (Fsp3) is 0.0769. The normalized spacial score (nSPS) is 13.5. The van der Waals surface area contributed by atoms with Gasteiger partial charge in [0, 0.05) is 27.5 Å². The Morgan fingerprint density at radius 1 is 0.512 bits per heavy atom. The van der Waals surface area contributed by atoms with E-state index in [0.29, 0.717) is 0 Å². The van der Waals surface area contributed by atoms with Crippen LogP contribution >= 0.6 is 0 Å². The van der Waals surface area contributed by atoms with Crippen molar-refractivity contribution in [3.63, 3.8) is 0 Å². The number of hydrogen-bond donors (Lipinski definition) is 2. The molecule has 0 spiro atoms. The van der Waals surface area contributed by atoms with Gasteiger partial charge < -0.3 is 9.97 Å². The molecule has 208 valence electrons. The van der Waals surface area contributed by atoms with Crippen molar-refractivity contribution in [1.29, 1.82) is 0 Å². The molecule has 0 saturated heterocycles. The topological polar surface area (TPSA) is 57.4 Å². The second kappa shape index (κ2) is 11.1. The third kappa shape index (κ3) is 5.08. The van der Waals surface area contributed by atoms with Gasteiger partial charge in [0.15, 0.2) is 0 Å². The Morgan fingerprint density at radius 3 is 1.21 bits per heavy atom. The molecule has 4 heteroatoms. The van der Waals surface area contributed by atoms with Crippen molar-refractivity contribution in [3.8, 4) is 11.1 Å². The lowest BCUT2D eigenvalue weighted by Gasteiger charge is -2.30. The van der Waals surface area contributed by atoms with Gasteiger partial charge in [-0.2, -0.15) is 0 Å². The minimum absolute atomic E-state index is 0.0245. The lowest BCUT2D eigenvalue weighted by Crippen LogP contribution is -2.23. The summed E-state index contributed by atoms with van der Waals surface area (Å²) in [6.07, 6.45) is 14.1. The Balaban J connectivity index is 0.000000144. The first-order chi connectivity index (χ1) is 21.1. The molecule has 5 aromatic rings. The van der Waals surface area contributed by atoms with Gasteiger partial charge in [0.05, 0.1) is 22.8 Å². The van der Waals surface area contributed by atoms with Gasteiger partial charge in [-0.1, -0.05) is 60.7 Å². The predicted octanol–water partition coefficient (Wildman–Crippen LogP) is 9.76. The zero-order chi connectivity index (χ0) is 29.2. The molecule has 3 aromatic heterocycles. The average Bonchev–Trinajstić information content (AvgIpc) is 3.86. The fourth-order valence-electron chi connectivity index (χ4n) is 6.38. The van der Waals surface area contributed by atoms with E-state index in [1.54, 1.807) is 0 Å². The highest BCUT2D eigenvalue weighted by Gasteiger charge is 2.40. The Morgan fingerprint density at radius 2 is 0.860 bits per heavy atom. The van der Waals surface area contributed by atoms with Crippen molar-refractivity contribution in [3.05, 3.63) is 156 Å². The van der Waals surface area contributed by atoms with Crippen LogP contribution in [0.2, 0.25) is 0 Å². The van der Waals surface area contributed by atoms with Crippen molar-refractivity contribution < 1.29 is 0 Å². The van der Waals surface area contributed by atoms with Crippen LogP contribution in [0.1, 0.15) is 46.7 Å². The van der Waals surface area contributed by atoms with Crippen LogP contribution in [0.3, 0.4) is 0 Å². The smallest absolute Gasteiger partial charge is 0.0658 e. The van der Waals surface area contributed by atoms with Crippen LogP contribution in [-0.4, -0.2) is 19.9 Å². The van der Waals surface area contributed by atoms with E-state index in [2.05, 4.69) is 106 Å². The average molecular weight is 557 g/mol. The minimum atomic E-state index is 0.0245. The molecule has 0 unspecified atom stereocenters. The quantitative estimate of drug-likeness (QED) is 0.212. The van der Waals surface area contributed by atoms with Crippen molar-refractivity contribution in [2.45, 2.75) is 18.3 Å². The molecule has 0 atom stereocenters. The van der Waals surface area contributed by atoms with Gasteiger partial charge in [0.2, 0.25) is 0 Å². The number of nitrogens with zero attached hydrogens (tertiary/aromatic N) is 2. The molecule has 8 bridgehead atoms. The van der Waals surface area contributed by atoms with E-state index in [1.165, 1.54) is 22.3 Å². The minimum Gasteiger partial charge on any atom is -0.355 e. The number of aromatic amines is 2.